The van der Waals surface area contributed by atoms with Gasteiger partial charge in [0.25, 0.3) is 5.91 Å². The lowest BCUT2D eigenvalue weighted by atomic mass is 10.0. The summed E-state index contributed by atoms with van der Waals surface area (Å²) in [6, 6.07) is 4.10. The maximum absolute atomic E-state index is 12.6. The summed E-state index contributed by atoms with van der Waals surface area (Å²) < 4.78 is 5.41. The fourth-order valence-electron chi connectivity index (χ4n) is 2.91. The zero-order chi connectivity index (χ0) is 17.4. The van der Waals surface area contributed by atoms with Crippen LogP contribution < -0.4 is 10.1 Å². The standard InChI is InChI=1S/C16H16N2O6/c1-8(16(22)23)24-12-4-2-3-9-10(12)7-18(15(9)21)11-5-6-13(19)17-14(11)20/h2-4,8,11H,5-7H2,1H3,(H,22,23)(H,17,19,20)/t8?,11-/m1/s1. The van der Waals surface area contributed by atoms with E-state index in [4.69, 9.17) is 9.84 Å². The number of imide groups is 1. The number of fused-ring (bicyclic) bond motifs is 1. The van der Waals surface area contributed by atoms with Crippen LogP contribution in [0.1, 0.15) is 35.7 Å². The third-order valence-electron chi connectivity index (χ3n) is 4.19. The number of nitrogens with zero attached hydrogens (tertiary/aromatic N) is 1. The first-order valence-electron chi connectivity index (χ1n) is 7.54. The topological polar surface area (TPSA) is 113 Å². The van der Waals surface area contributed by atoms with Crippen molar-refractivity contribution in [2.45, 2.75) is 38.5 Å². The normalized spacial score (nSPS) is 21.3. The Morgan fingerprint density at radius 2 is 2.12 bits per heavy atom. The molecule has 0 aromatic heterocycles. The highest BCUT2D eigenvalue weighted by atomic mass is 16.5. The molecule has 3 amide bonds. The predicted molar refractivity (Wildman–Crippen MR) is 80.2 cm³/mol. The molecule has 8 nitrogen and oxygen atoms in total. The van der Waals surface area contributed by atoms with Crippen molar-refractivity contribution >= 4 is 23.7 Å². The van der Waals surface area contributed by atoms with Crippen LogP contribution in [0.15, 0.2) is 18.2 Å². The number of rotatable bonds is 4. The number of amides is 3. The van der Waals surface area contributed by atoms with Crippen LogP contribution in [0, 0.1) is 0 Å². The minimum absolute atomic E-state index is 0.142. The summed E-state index contributed by atoms with van der Waals surface area (Å²) in [5.41, 5.74) is 0.940. The minimum Gasteiger partial charge on any atom is -0.479 e. The Kier molecular flexibility index (Phi) is 3.96. The first kappa shape index (κ1) is 16.0. The molecule has 2 aliphatic heterocycles. The second kappa shape index (κ2) is 5.95. The van der Waals surface area contributed by atoms with E-state index in [-0.39, 0.29) is 31.2 Å². The minimum atomic E-state index is -1.11. The zero-order valence-corrected chi connectivity index (χ0v) is 12.9. The average Bonchev–Trinajstić information content (AvgIpc) is 2.85. The summed E-state index contributed by atoms with van der Waals surface area (Å²) in [7, 11) is 0. The Labute approximate surface area is 137 Å². The van der Waals surface area contributed by atoms with Crippen LogP contribution >= 0.6 is 0 Å². The number of aliphatic carboxylic acids is 1. The Hall–Kier alpha value is -2.90. The summed E-state index contributed by atoms with van der Waals surface area (Å²) in [6.45, 7) is 1.54. The number of hydrogen-bond donors (Lipinski definition) is 2. The number of carboxylic acid groups (broad SMARTS) is 1. The van der Waals surface area contributed by atoms with E-state index in [0.717, 1.165) is 0 Å². The summed E-state index contributed by atoms with van der Waals surface area (Å²) in [5, 5.41) is 11.2. The lowest BCUT2D eigenvalue weighted by molar-refractivity contribution is -0.144. The van der Waals surface area contributed by atoms with Gasteiger partial charge in [-0.1, -0.05) is 6.07 Å². The highest BCUT2D eigenvalue weighted by Crippen LogP contribution is 2.33. The fourth-order valence-corrected chi connectivity index (χ4v) is 2.91. The molecular weight excluding hydrogens is 316 g/mol. The van der Waals surface area contributed by atoms with E-state index in [0.29, 0.717) is 16.9 Å². The molecule has 2 aliphatic rings. The van der Waals surface area contributed by atoms with Crippen molar-refractivity contribution in [1.29, 1.82) is 0 Å². The maximum atomic E-state index is 12.6. The van der Waals surface area contributed by atoms with Gasteiger partial charge in [0.15, 0.2) is 6.10 Å². The van der Waals surface area contributed by atoms with E-state index in [1.165, 1.54) is 11.8 Å². The van der Waals surface area contributed by atoms with Crippen LogP contribution in [0.4, 0.5) is 0 Å². The largest absolute Gasteiger partial charge is 0.479 e. The van der Waals surface area contributed by atoms with Crippen LogP contribution in [0.5, 0.6) is 5.75 Å². The van der Waals surface area contributed by atoms with E-state index in [1.54, 1.807) is 18.2 Å². The summed E-state index contributed by atoms with van der Waals surface area (Å²) >= 11 is 0. The molecule has 0 spiro atoms. The number of carboxylic acids is 1. The second-order valence-electron chi connectivity index (χ2n) is 5.78. The summed E-state index contributed by atoms with van der Waals surface area (Å²) in [4.78, 5) is 48.2. The predicted octanol–water partition coefficient (Wildman–Crippen LogP) is 0.299. The molecule has 126 valence electrons. The number of benzene rings is 1. The van der Waals surface area contributed by atoms with E-state index in [2.05, 4.69) is 5.32 Å². The number of carbonyl (C=O) groups excluding carboxylic acids is 3. The number of carbonyl (C=O) groups is 4. The van der Waals surface area contributed by atoms with Crippen molar-refractivity contribution < 1.29 is 29.0 Å². The molecule has 8 heteroatoms. The Morgan fingerprint density at radius 3 is 2.79 bits per heavy atom. The molecule has 0 aliphatic carbocycles. The molecule has 1 aromatic rings. The molecule has 0 radical (unpaired) electrons. The first-order chi connectivity index (χ1) is 11.4. The molecule has 3 rings (SSSR count). The molecule has 0 saturated carbocycles. The smallest absolute Gasteiger partial charge is 0.344 e. The van der Waals surface area contributed by atoms with Crippen molar-refractivity contribution in [1.82, 2.24) is 10.2 Å². The monoisotopic (exact) mass is 332 g/mol. The van der Waals surface area contributed by atoms with Crippen LogP contribution in [0.3, 0.4) is 0 Å². The highest BCUT2D eigenvalue weighted by molar-refractivity contribution is 6.05. The van der Waals surface area contributed by atoms with Gasteiger partial charge in [-0.15, -0.1) is 0 Å². The van der Waals surface area contributed by atoms with Gasteiger partial charge in [0.05, 0.1) is 6.54 Å². The Bertz CT molecular complexity index is 744. The average molecular weight is 332 g/mol. The van der Waals surface area contributed by atoms with Crippen LogP contribution in [0.25, 0.3) is 0 Å². The van der Waals surface area contributed by atoms with Crippen molar-refractivity contribution in [3.8, 4) is 5.75 Å². The molecule has 0 bridgehead atoms. The highest BCUT2D eigenvalue weighted by Gasteiger charge is 2.40. The third kappa shape index (κ3) is 2.70. The van der Waals surface area contributed by atoms with Gasteiger partial charge < -0.3 is 14.7 Å². The van der Waals surface area contributed by atoms with Crippen LogP contribution in [-0.4, -0.2) is 45.8 Å². The fraction of sp³-hybridized carbons (Fsp3) is 0.375. The molecule has 1 aromatic carbocycles. The molecule has 2 atom stereocenters. The van der Waals surface area contributed by atoms with Gasteiger partial charge in [-0.25, -0.2) is 4.79 Å². The SMILES string of the molecule is CC(Oc1cccc2c1CN([C@@H]1CCC(=O)NC1=O)C2=O)C(=O)O. The number of hydrogen-bond acceptors (Lipinski definition) is 5. The first-order valence-corrected chi connectivity index (χ1v) is 7.54. The van der Waals surface area contributed by atoms with Gasteiger partial charge in [0.1, 0.15) is 11.8 Å². The second-order valence-corrected chi connectivity index (χ2v) is 5.78. The van der Waals surface area contributed by atoms with Crippen molar-refractivity contribution in [3.63, 3.8) is 0 Å². The molecular formula is C16H16N2O6. The quantitative estimate of drug-likeness (QED) is 0.767. The van der Waals surface area contributed by atoms with Crippen molar-refractivity contribution in [2.24, 2.45) is 0 Å². The van der Waals surface area contributed by atoms with Gasteiger partial charge in [-0.05, 0) is 25.5 Å². The maximum Gasteiger partial charge on any atom is 0.344 e. The van der Waals surface area contributed by atoms with Crippen LogP contribution in [0.2, 0.25) is 0 Å². The van der Waals surface area contributed by atoms with E-state index < -0.39 is 24.0 Å². The van der Waals surface area contributed by atoms with E-state index in [9.17, 15) is 19.2 Å². The van der Waals surface area contributed by atoms with Crippen molar-refractivity contribution in [2.75, 3.05) is 0 Å². The van der Waals surface area contributed by atoms with Crippen LogP contribution in [-0.2, 0) is 20.9 Å². The lowest BCUT2D eigenvalue weighted by Gasteiger charge is -2.29. The molecule has 2 N–H and O–H groups in total. The third-order valence-corrected chi connectivity index (χ3v) is 4.19. The van der Waals surface area contributed by atoms with E-state index >= 15 is 0 Å². The number of nitrogens with one attached hydrogen (secondary N) is 1. The zero-order valence-electron chi connectivity index (χ0n) is 12.9. The molecule has 1 unspecified atom stereocenters. The summed E-state index contributed by atoms with van der Waals surface area (Å²) in [6.07, 6.45) is -0.613. The van der Waals surface area contributed by atoms with Crippen molar-refractivity contribution in [3.05, 3.63) is 29.3 Å². The molecule has 24 heavy (non-hydrogen) atoms. The lowest BCUT2D eigenvalue weighted by Crippen LogP contribution is -2.52. The van der Waals surface area contributed by atoms with Gasteiger partial charge in [0.2, 0.25) is 11.8 Å². The van der Waals surface area contributed by atoms with Gasteiger partial charge in [-0.2, -0.15) is 0 Å². The van der Waals surface area contributed by atoms with Gasteiger partial charge in [-0.3, -0.25) is 19.7 Å². The molecule has 2 heterocycles. The summed E-state index contributed by atoms with van der Waals surface area (Å²) in [5.74, 6) is -1.97. The molecule has 1 saturated heterocycles. The Balaban J connectivity index is 1.86. The van der Waals surface area contributed by atoms with Gasteiger partial charge in [0, 0.05) is 17.5 Å². The Morgan fingerprint density at radius 1 is 1.38 bits per heavy atom. The van der Waals surface area contributed by atoms with E-state index in [1.807, 2.05) is 0 Å². The van der Waals surface area contributed by atoms with Gasteiger partial charge >= 0.3 is 5.97 Å². The number of piperidine rings is 1. The molecule has 1 fully saturated rings. The number of ether oxygens (including phenoxy) is 1.